The van der Waals surface area contributed by atoms with Gasteiger partial charge in [-0.1, -0.05) is 35.9 Å². The quantitative estimate of drug-likeness (QED) is 0.789. The molecule has 0 unspecified atom stereocenters. The topological polar surface area (TPSA) is 73.0 Å². The zero-order valence-electron chi connectivity index (χ0n) is 11.4. The highest BCUT2D eigenvalue weighted by Gasteiger charge is 2.21. The smallest absolute Gasteiger partial charge is 0.207 e. The highest BCUT2D eigenvalue weighted by atomic mass is 32.2. The van der Waals surface area contributed by atoms with Gasteiger partial charge in [0.1, 0.15) is 5.82 Å². The molecule has 0 bridgehead atoms. The molecular formula is C16H14N2O2S. The summed E-state index contributed by atoms with van der Waals surface area (Å²) in [5.41, 5.74) is 7.33. The minimum absolute atomic E-state index is 0.189. The van der Waals surface area contributed by atoms with Crippen LogP contribution in [0.5, 0.6) is 0 Å². The van der Waals surface area contributed by atoms with Crippen LogP contribution in [0.2, 0.25) is 0 Å². The van der Waals surface area contributed by atoms with E-state index in [0.29, 0.717) is 10.9 Å². The van der Waals surface area contributed by atoms with Crippen LogP contribution in [0, 0.1) is 6.92 Å². The van der Waals surface area contributed by atoms with Crippen molar-refractivity contribution in [1.29, 1.82) is 0 Å². The van der Waals surface area contributed by atoms with E-state index >= 15 is 0 Å². The Morgan fingerprint density at radius 2 is 1.67 bits per heavy atom. The lowest BCUT2D eigenvalue weighted by Crippen LogP contribution is -2.05. The maximum Gasteiger partial charge on any atom is 0.207 e. The van der Waals surface area contributed by atoms with E-state index in [9.17, 15) is 8.42 Å². The first-order valence-corrected chi connectivity index (χ1v) is 7.94. The standard InChI is InChI=1S/C16H14N2O2S/c1-11-6-8-12(9-7-11)21(19,20)15-10-16(17)18-14-5-3-2-4-13(14)15/h2-10H,1H3,(H2,17,18). The summed E-state index contributed by atoms with van der Waals surface area (Å²) in [6.45, 7) is 1.91. The van der Waals surface area contributed by atoms with Crippen molar-refractivity contribution in [2.24, 2.45) is 0 Å². The second kappa shape index (κ2) is 4.86. The highest BCUT2D eigenvalue weighted by Crippen LogP contribution is 2.29. The molecule has 0 amide bonds. The Labute approximate surface area is 123 Å². The van der Waals surface area contributed by atoms with E-state index in [-0.39, 0.29) is 15.6 Å². The lowest BCUT2D eigenvalue weighted by atomic mass is 10.2. The van der Waals surface area contributed by atoms with Crippen LogP contribution in [-0.2, 0) is 9.84 Å². The maximum absolute atomic E-state index is 12.8. The third-order valence-electron chi connectivity index (χ3n) is 3.32. The molecule has 0 spiro atoms. The number of pyridine rings is 1. The normalized spacial score (nSPS) is 11.7. The summed E-state index contributed by atoms with van der Waals surface area (Å²) in [5.74, 6) is 0.194. The van der Waals surface area contributed by atoms with Crippen LogP contribution in [0.15, 0.2) is 64.4 Å². The largest absolute Gasteiger partial charge is 0.384 e. The number of anilines is 1. The molecule has 2 aromatic carbocycles. The predicted molar refractivity (Wildman–Crippen MR) is 82.8 cm³/mol. The van der Waals surface area contributed by atoms with Crippen LogP contribution in [0.4, 0.5) is 5.82 Å². The van der Waals surface area contributed by atoms with Crippen molar-refractivity contribution >= 4 is 26.6 Å². The third kappa shape index (κ3) is 2.36. The van der Waals surface area contributed by atoms with Gasteiger partial charge in [0.2, 0.25) is 9.84 Å². The summed E-state index contributed by atoms with van der Waals surface area (Å²) >= 11 is 0. The zero-order chi connectivity index (χ0) is 15.0. The molecule has 0 saturated carbocycles. The van der Waals surface area contributed by atoms with E-state index < -0.39 is 9.84 Å². The first-order chi connectivity index (χ1) is 9.98. The molecular weight excluding hydrogens is 284 g/mol. The number of nitrogen functional groups attached to an aromatic ring is 1. The molecule has 3 rings (SSSR count). The van der Waals surface area contributed by atoms with E-state index in [1.807, 2.05) is 6.92 Å². The number of nitrogens with zero attached hydrogens (tertiary/aromatic N) is 1. The van der Waals surface area contributed by atoms with E-state index in [2.05, 4.69) is 4.98 Å². The molecule has 106 valence electrons. The molecule has 0 saturated heterocycles. The van der Waals surface area contributed by atoms with Crippen molar-refractivity contribution in [1.82, 2.24) is 4.98 Å². The van der Waals surface area contributed by atoms with Gasteiger partial charge in [0.25, 0.3) is 0 Å². The van der Waals surface area contributed by atoms with Crippen LogP contribution < -0.4 is 5.73 Å². The first kappa shape index (κ1) is 13.6. The molecule has 2 N–H and O–H groups in total. The highest BCUT2D eigenvalue weighted by molar-refractivity contribution is 7.91. The lowest BCUT2D eigenvalue weighted by molar-refractivity contribution is 0.597. The number of para-hydroxylation sites is 1. The Morgan fingerprint density at radius 3 is 2.38 bits per heavy atom. The van der Waals surface area contributed by atoms with Crippen molar-refractivity contribution in [2.75, 3.05) is 5.73 Å². The average molecular weight is 298 g/mol. The molecule has 3 aromatic rings. The zero-order valence-corrected chi connectivity index (χ0v) is 12.3. The summed E-state index contributed by atoms with van der Waals surface area (Å²) in [4.78, 5) is 4.61. The maximum atomic E-state index is 12.8. The van der Waals surface area contributed by atoms with E-state index in [1.165, 1.54) is 6.07 Å². The Kier molecular flexibility index (Phi) is 3.14. The fraction of sp³-hybridized carbons (Fsp3) is 0.0625. The van der Waals surface area contributed by atoms with Crippen molar-refractivity contribution in [2.45, 2.75) is 16.7 Å². The van der Waals surface area contributed by atoms with Gasteiger partial charge in [-0.2, -0.15) is 0 Å². The molecule has 0 atom stereocenters. The Bertz CT molecular complexity index is 917. The number of aromatic nitrogens is 1. The van der Waals surface area contributed by atoms with Gasteiger partial charge in [-0.25, -0.2) is 13.4 Å². The number of hydrogen-bond donors (Lipinski definition) is 1. The Morgan fingerprint density at radius 1 is 1.00 bits per heavy atom. The van der Waals surface area contributed by atoms with Crippen LogP contribution in [0.25, 0.3) is 10.9 Å². The Balaban J connectivity index is 2.31. The van der Waals surface area contributed by atoms with Crippen LogP contribution in [0.3, 0.4) is 0 Å². The number of benzene rings is 2. The molecule has 0 aliphatic rings. The first-order valence-electron chi connectivity index (χ1n) is 6.45. The molecule has 0 aliphatic carbocycles. The summed E-state index contributed by atoms with van der Waals surface area (Å²) in [6, 6.07) is 15.3. The van der Waals surface area contributed by atoms with Crippen molar-refractivity contribution in [3.8, 4) is 0 Å². The molecule has 21 heavy (non-hydrogen) atoms. The predicted octanol–water partition coefficient (Wildman–Crippen LogP) is 2.96. The van der Waals surface area contributed by atoms with Gasteiger partial charge in [-0.3, -0.25) is 0 Å². The number of fused-ring (bicyclic) bond motifs is 1. The SMILES string of the molecule is Cc1ccc(S(=O)(=O)c2cc(N)nc3ccccc23)cc1. The summed E-state index contributed by atoms with van der Waals surface area (Å²) in [6.07, 6.45) is 0. The van der Waals surface area contributed by atoms with Crippen molar-refractivity contribution in [3.63, 3.8) is 0 Å². The van der Waals surface area contributed by atoms with Crippen LogP contribution in [0.1, 0.15) is 5.56 Å². The summed E-state index contributed by atoms with van der Waals surface area (Å²) in [5, 5.41) is 0.576. The van der Waals surface area contributed by atoms with Gasteiger partial charge in [-0.15, -0.1) is 0 Å². The summed E-state index contributed by atoms with van der Waals surface area (Å²) < 4.78 is 25.7. The van der Waals surface area contributed by atoms with Gasteiger partial charge in [-0.05, 0) is 31.2 Å². The molecule has 0 fully saturated rings. The molecule has 1 aromatic heterocycles. The minimum atomic E-state index is -3.62. The van der Waals surface area contributed by atoms with Gasteiger partial charge in [0.15, 0.2) is 0 Å². The van der Waals surface area contributed by atoms with E-state index in [0.717, 1.165) is 5.56 Å². The number of sulfone groups is 1. The van der Waals surface area contributed by atoms with Gasteiger partial charge in [0, 0.05) is 5.39 Å². The third-order valence-corrected chi connectivity index (χ3v) is 5.13. The number of hydrogen-bond acceptors (Lipinski definition) is 4. The monoisotopic (exact) mass is 298 g/mol. The summed E-state index contributed by atoms with van der Waals surface area (Å²) in [7, 11) is -3.62. The van der Waals surface area contributed by atoms with Gasteiger partial charge in [0.05, 0.1) is 15.3 Å². The van der Waals surface area contributed by atoms with Gasteiger partial charge >= 0.3 is 0 Å². The van der Waals surface area contributed by atoms with E-state index in [4.69, 9.17) is 5.73 Å². The van der Waals surface area contributed by atoms with E-state index in [1.54, 1.807) is 48.5 Å². The van der Waals surface area contributed by atoms with Gasteiger partial charge < -0.3 is 5.73 Å². The average Bonchev–Trinajstić information content (AvgIpc) is 2.46. The second-order valence-electron chi connectivity index (χ2n) is 4.88. The molecule has 1 heterocycles. The molecule has 0 aliphatic heterocycles. The molecule has 4 nitrogen and oxygen atoms in total. The Hall–Kier alpha value is -2.40. The molecule has 0 radical (unpaired) electrons. The molecule has 5 heteroatoms. The number of nitrogens with two attached hydrogens (primary N) is 1. The fourth-order valence-electron chi connectivity index (χ4n) is 2.23. The number of rotatable bonds is 2. The number of aryl methyl sites for hydroxylation is 1. The lowest BCUT2D eigenvalue weighted by Gasteiger charge is -2.09. The van der Waals surface area contributed by atoms with Crippen LogP contribution in [-0.4, -0.2) is 13.4 Å². The minimum Gasteiger partial charge on any atom is -0.384 e. The fourth-order valence-corrected chi connectivity index (χ4v) is 3.72. The van der Waals surface area contributed by atoms with Crippen LogP contribution >= 0.6 is 0 Å². The van der Waals surface area contributed by atoms with Crippen molar-refractivity contribution in [3.05, 3.63) is 60.2 Å². The van der Waals surface area contributed by atoms with Crippen molar-refractivity contribution < 1.29 is 8.42 Å². The second-order valence-corrected chi connectivity index (χ2v) is 6.80.